The van der Waals surface area contributed by atoms with Crippen molar-refractivity contribution >= 4 is 11.9 Å². The highest BCUT2D eigenvalue weighted by molar-refractivity contribution is 6.00. The van der Waals surface area contributed by atoms with Crippen molar-refractivity contribution in [2.24, 2.45) is 0 Å². The first kappa shape index (κ1) is 29.6. The molecular weight excluding hydrogens is 518 g/mol. The molecule has 0 atom stereocenters. The van der Waals surface area contributed by atoms with Crippen LogP contribution in [-0.4, -0.2) is 41.5 Å². The van der Waals surface area contributed by atoms with Crippen molar-refractivity contribution in [1.29, 1.82) is 0 Å². The van der Waals surface area contributed by atoms with Gasteiger partial charge in [0.25, 0.3) is 0 Å². The molecule has 1 aromatic heterocycles. The topological polar surface area (TPSA) is 91.7 Å². The molecule has 0 saturated carbocycles. The van der Waals surface area contributed by atoms with Gasteiger partial charge in [-0.1, -0.05) is 31.5 Å². The Hall–Kier alpha value is -4.33. The first-order chi connectivity index (χ1) is 19.8. The van der Waals surface area contributed by atoms with Gasteiger partial charge < -0.3 is 19.5 Å². The maximum absolute atomic E-state index is 13.4. The Morgan fingerprint density at radius 2 is 1.54 bits per heavy atom. The molecule has 0 aliphatic carbocycles. The Bertz CT molecular complexity index is 1430. The van der Waals surface area contributed by atoms with E-state index in [-0.39, 0.29) is 13.2 Å². The van der Waals surface area contributed by atoms with Gasteiger partial charge in [-0.15, -0.1) is 0 Å². The number of rotatable bonds is 11. The predicted octanol–water partition coefficient (Wildman–Crippen LogP) is 6.39. The van der Waals surface area contributed by atoms with Crippen LogP contribution in [0.5, 0.6) is 5.75 Å². The van der Waals surface area contributed by atoms with Crippen molar-refractivity contribution in [3.63, 3.8) is 0 Å². The summed E-state index contributed by atoms with van der Waals surface area (Å²) in [7, 11) is 0. The van der Waals surface area contributed by atoms with Gasteiger partial charge in [0.2, 0.25) is 0 Å². The molecule has 0 spiro atoms. The smallest absolute Gasteiger partial charge is 0.336 e. The zero-order valence-corrected chi connectivity index (χ0v) is 24.7. The Labute approximate surface area is 242 Å². The molecule has 0 bridgehead atoms. The number of aryl methyl sites for hydroxylation is 1. The molecule has 216 valence electrons. The zero-order chi connectivity index (χ0) is 29.5. The van der Waals surface area contributed by atoms with Crippen molar-refractivity contribution in [1.82, 2.24) is 15.1 Å². The predicted molar refractivity (Wildman–Crippen MR) is 159 cm³/mol. The molecule has 4 rings (SSSR count). The van der Waals surface area contributed by atoms with Crippen molar-refractivity contribution in [2.75, 3.05) is 19.8 Å². The van der Waals surface area contributed by atoms with E-state index in [0.29, 0.717) is 40.4 Å². The highest BCUT2D eigenvalue weighted by Crippen LogP contribution is 2.43. The van der Waals surface area contributed by atoms with Gasteiger partial charge in [0.1, 0.15) is 5.75 Å². The van der Waals surface area contributed by atoms with Gasteiger partial charge in [0, 0.05) is 28.7 Å². The van der Waals surface area contributed by atoms with E-state index in [0.717, 1.165) is 35.4 Å². The SMILES string of the molecule is CCCCOc1ccc(-c2nn(-c3ccccc3)cc2C2C(C(=O)OCC)=C(C)NC(C)=C2C(=O)OCC)cc1C. The molecule has 0 fully saturated rings. The Balaban J connectivity index is 1.95. The van der Waals surface area contributed by atoms with Crippen LogP contribution < -0.4 is 10.1 Å². The number of ether oxygens (including phenoxy) is 3. The highest BCUT2D eigenvalue weighted by atomic mass is 16.5. The lowest BCUT2D eigenvalue weighted by atomic mass is 9.79. The molecule has 1 aliphatic heterocycles. The van der Waals surface area contributed by atoms with Crippen LogP contribution in [0.1, 0.15) is 64.5 Å². The number of esters is 2. The summed E-state index contributed by atoms with van der Waals surface area (Å²) < 4.78 is 18.8. The third-order valence-electron chi connectivity index (χ3n) is 7.03. The molecule has 3 aromatic rings. The van der Waals surface area contributed by atoms with Crippen LogP contribution in [0.15, 0.2) is 77.3 Å². The number of carbonyl (C=O) groups excluding carboxylic acids is 2. The lowest BCUT2D eigenvalue weighted by Gasteiger charge is -2.30. The Kier molecular flexibility index (Phi) is 9.65. The Morgan fingerprint density at radius 3 is 2.10 bits per heavy atom. The number of aromatic nitrogens is 2. The van der Waals surface area contributed by atoms with Gasteiger partial charge in [-0.2, -0.15) is 5.10 Å². The van der Waals surface area contributed by atoms with E-state index in [1.807, 2.05) is 75.5 Å². The zero-order valence-electron chi connectivity index (χ0n) is 24.7. The normalized spacial score (nSPS) is 13.7. The number of unbranched alkanes of at least 4 members (excludes halogenated alkanes) is 1. The highest BCUT2D eigenvalue weighted by Gasteiger charge is 2.40. The number of nitrogens with zero attached hydrogens (tertiary/aromatic N) is 2. The molecular formula is C33H39N3O5. The number of dihydropyridines is 1. The maximum Gasteiger partial charge on any atom is 0.336 e. The van der Waals surface area contributed by atoms with E-state index in [4.69, 9.17) is 19.3 Å². The quantitative estimate of drug-likeness (QED) is 0.216. The summed E-state index contributed by atoms with van der Waals surface area (Å²) in [4.78, 5) is 26.9. The third-order valence-corrected chi connectivity index (χ3v) is 7.03. The fourth-order valence-electron chi connectivity index (χ4n) is 5.08. The van der Waals surface area contributed by atoms with Gasteiger partial charge in [0.05, 0.1) is 48.3 Å². The largest absolute Gasteiger partial charge is 0.493 e. The van der Waals surface area contributed by atoms with Crippen molar-refractivity contribution in [3.8, 4) is 22.7 Å². The number of allylic oxidation sites excluding steroid dienone is 2. The summed E-state index contributed by atoms with van der Waals surface area (Å²) in [6.07, 6.45) is 3.92. The summed E-state index contributed by atoms with van der Waals surface area (Å²) in [6, 6.07) is 15.7. The molecule has 2 heterocycles. The van der Waals surface area contributed by atoms with Crippen LogP contribution in [0.25, 0.3) is 16.9 Å². The van der Waals surface area contributed by atoms with E-state index in [1.165, 1.54) is 0 Å². The number of hydrogen-bond acceptors (Lipinski definition) is 7. The molecule has 8 nitrogen and oxygen atoms in total. The van der Waals surface area contributed by atoms with Crippen LogP contribution in [0.2, 0.25) is 0 Å². The molecule has 0 radical (unpaired) electrons. The molecule has 0 unspecified atom stereocenters. The lowest BCUT2D eigenvalue weighted by molar-refractivity contribution is -0.139. The third kappa shape index (κ3) is 6.37. The molecule has 8 heteroatoms. The minimum atomic E-state index is -0.761. The second kappa shape index (κ2) is 13.4. The van der Waals surface area contributed by atoms with Crippen molar-refractivity contribution in [2.45, 2.75) is 60.3 Å². The maximum atomic E-state index is 13.4. The van der Waals surface area contributed by atoms with Gasteiger partial charge >= 0.3 is 11.9 Å². The molecule has 1 aliphatic rings. The molecule has 1 N–H and O–H groups in total. The summed E-state index contributed by atoms with van der Waals surface area (Å²) in [5, 5.41) is 8.22. The van der Waals surface area contributed by atoms with E-state index < -0.39 is 17.9 Å². The summed E-state index contributed by atoms with van der Waals surface area (Å²) in [5.41, 5.74) is 5.95. The second-order valence-electron chi connectivity index (χ2n) is 9.97. The van der Waals surface area contributed by atoms with E-state index in [1.54, 1.807) is 18.5 Å². The van der Waals surface area contributed by atoms with Crippen LogP contribution in [-0.2, 0) is 19.1 Å². The van der Waals surface area contributed by atoms with Gasteiger partial charge in [-0.3, -0.25) is 0 Å². The fourth-order valence-corrected chi connectivity index (χ4v) is 5.08. The fraction of sp³-hybridized carbons (Fsp3) is 0.364. The van der Waals surface area contributed by atoms with Gasteiger partial charge in [-0.25, -0.2) is 14.3 Å². The minimum absolute atomic E-state index is 0.203. The second-order valence-corrected chi connectivity index (χ2v) is 9.97. The standard InChI is InChI=1S/C33H39N3O5/c1-7-10-18-41-27-17-16-24(19-21(27)4)31-26(20-36(35-31)25-14-12-11-13-15-25)30-28(32(37)39-8-2)22(5)34-23(6)29(30)33(38)40-9-3/h11-17,19-20,30,34H,7-10,18H2,1-6H3. The number of hydrogen-bond donors (Lipinski definition) is 1. The molecule has 0 amide bonds. The van der Waals surface area contributed by atoms with E-state index in [2.05, 4.69) is 12.2 Å². The number of nitrogens with one attached hydrogen (secondary N) is 1. The summed E-state index contributed by atoms with van der Waals surface area (Å²) >= 11 is 0. The number of carbonyl (C=O) groups is 2. The summed E-state index contributed by atoms with van der Waals surface area (Å²) in [5.74, 6) is -0.932. The molecule has 0 saturated heterocycles. The molecule has 41 heavy (non-hydrogen) atoms. The van der Waals surface area contributed by atoms with Gasteiger partial charge in [0.15, 0.2) is 0 Å². The van der Waals surface area contributed by atoms with E-state index in [9.17, 15) is 9.59 Å². The lowest BCUT2D eigenvalue weighted by Crippen LogP contribution is -2.32. The average Bonchev–Trinajstić information content (AvgIpc) is 3.39. The van der Waals surface area contributed by atoms with Crippen molar-refractivity contribution in [3.05, 3.63) is 88.4 Å². The van der Waals surface area contributed by atoms with Crippen LogP contribution >= 0.6 is 0 Å². The number of benzene rings is 2. The summed E-state index contributed by atoms with van der Waals surface area (Å²) in [6.45, 7) is 12.4. The minimum Gasteiger partial charge on any atom is -0.493 e. The van der Waals surface area contributed by atoms with E-state index >= 15 is 0 Å². The first-order valence-electron chi connectivity index (χ1n) is 14.2. The van der Waals surface area contributed by atoms with Gasteiger partial charge in [-0.05, 0) is 76.9 Å². The molecule has 2 aromatic carbocycles. The van der Waals surface area contributed by atoms with Crippen molar-refractivity contribution < 1.29 is 23.8 Å². The average molecular weight is 558 g/mol. The Morgan fingerprint density at radius 1 is 0.902 bits per heavy atom. The number of para-hydroxylation sites is 1. The first-order valence-corrected chi connectivity index (χ1v) is 14.2. The monoisotopic (exact) mass is 557 g/mol. The van der Waals surface area contributed by atoms with Crippen LogP contribution in [0.4, 0.5) is 0 Å². The van der Waals surface area contributed by atoms with Crippen LogP contribution in [0.3, 0.4) is 0 Å². The van der Waals surface area contributed by atoms with Crippen LogP contribution in [0, 0.1) is 6.92 Å².